The highest BCUT2D eigenvalue weighted by Gasteiger charge is 2.58. The molecule has 0 unspecified atom stereocenters. The molecule has 1 aliphatic carbocycles. The van der Waals surface area contributed by atoms with Crippen LogP contribution in [0.2, 0.25) is 5.02 Å². The van der Waals surface area contributed by atoms with Gasteiger partial charge in [-0.3, -0.25) is 19.4 Å². The van der Waals surface area contributed by atoms with Gasteiger partial charge < -0.3 is 9.84 Å². The van der Waals surface area contributed by atoms with E-state index in [0.29, 0.717) is 24.0 Å². The van der Waals surface area contributed by atoms with Crippen molar-refractivity contribution in [1.29, 1.82) is 0 Å². The van der Waals surface area contributed by atoms with Gasteiger partial charge in [0, 0.05) is 31.6 Å². The highest BCUT2D eigenvalue weighted by atomic mass is 35.5. The number of carbonyl (C=O) groups is 2. The van der Waals surface area contributed by atoms with Gasteiger partial charge in [-0.15, -0.1) is 0 Å². The molecule has 6 rings (SSSR count). The van der Waals surface area contributed by atoms with Gasteiger partial charge >= 0.3 is 0 Å². The van der Waals surface area contributed by atoms with E-state index < -0.39 is 0 Å². The number of imide groups is 1. The average molecular weight is 617 g/mol. The number of aromatic hydroxyl groups is 1. The van der Waals surface area contributed by atoms with Gasteiger partial charge in [-0.25, -0.2) is 0 Å². The Morgan fingerprint density at radius 1 is 1.07 bits per heavy atom. The van der Waals surface area contributed by atoms with E-state index in [1.165, 1.54) is 22.3 Å². The van der Waals surface area contributed by atoms with Crippen LogP contribution in [0.4, 0.5) is 0 Å². The molecular weight excluding hydrogens is 572 g/mol. The number of nitrogens with zero attached hydrogens (tertiary/aromatic N) is 2. The van der Waals surface area contributed by atoms with Gasteiger partial charge in [0.2, 0.25) is 11.8 Å². The number of allylic oxidation sites excluding steroid dienone is 2. The van der Waals surface area contributed by atoms with Crippen LogP contribution in [0.3, 0.4) is 0 Å². The molecule has 2 aromatic rings. The Bertz CT molecular complexity index is 1440. The van der Waals surface area contributed by atoms with Crippen LogP contribution in [0.25, 0.3) is 6.08 Å². The quantitative estimate of drug-likeness (QED) is 0.237. The molecule has 2 aromatic carbocycles. The predicted molar refractivity (Wildman–Crippen MR) is 174 cm³/mol. The Labute approximate surface area is 266 Å². The summed E-state index contributed by atoms with van der Waals surface area (Å²) in [6, 6.07) is 15.6. The highest BCUT2D eigenvalue weighted by molar-refractivity contribution is 6.32. The monoisotopic (exact) mass is 616 g/mol. The van der Waals surface area contributed by atoms with E-state index in [4.69, 9.17) is 16.3 Å². The molecule has 0 radical (unpaired) electrons. The minimum Gasteiger partial charge on any atom is -0.508 e. The number of ether oxygens (including phenoxy) is 1. The molecule has 3 saturated heterocycles. The van der Waals surface area contributed by atoms with Crippen LogP contribution in [0.1, 0.15) is 70.4 Å². The number of hydrogen-bond acceptors (Lipinski definition) is 5. The molecule has 3 fully saturated rings. The van der Waals surface area contributed by atoms with Crippen molar-refractivity contribution in [2.75, 3.05) is 19.7 Å². The third-order valence-electron chi connectivity index (χ3n) is 10.4. The first-order valence-corrected chi connectivity index (χ1v) is 16.8. The van der Waals surface area contributed by atoms with Gasteiger partial charge in [0.05, 0.1) is 29.6 Å². The van der Waals surface area contributed by atoms with Gasteiger partial charge in [-0.2, -0.15) is 0 Å². The lowest BCUT2D eigenvalue weighted by atomic mass is 9.67. The fourth-order valence-electron chi connectivity index (χ4n) is 8.04. The molecule has 6 nitrogen and oxygen atoms in total. The first kappa shape index (κ1) is 31.1. The van der Waals surface area contributed by atoms with Crippen LogP contribution >= 0.6 is 11.6 Å². The van der Waals surface area contributed by atoms with Crippen LogP contribution in [-0.4, -0.2) is 58.6 Å². The first-order valence-electron chi connectivity index (χ1n) is 16.4. The van der Waals surface area contributed by atoms with Crippen molar-refractivity contribution in [3.8, 4) is 5.75 Å². The zero-order valence-electron chi connectivity index (χ0n) is 26.2. The second-order valence-electron chi connectivity index (χ2n) is 13.3. The molecule has 4 aliphatic rings. The van der Waals surface area contributed by atoms with E-state index in [9.17, 15) is 14.7 Å². The van der Waals surface area contributed by atoms with Crippen molar-refractivity contribution in [2.24, 2.45) is 23.7 Å². The Hall–Kier alpha value is -2.93. The maximum atomic E-state index is 14.1. The number of phenols is 1. The van der Waals surface area contributed by atoms with E-state index in [1.54, 1.807) is 17.0 Å². The summed E-state index contributed by atoms with van der Waals surface area (Å²) in [4.78, 5) is 32.1. The highest BCUT2D eigenvalue weighted by Crippen LogP contribution is 2.52. The maximum Gasteiger partial charge on any atom is 0.234 e. The van der Waals surface area contributed by atoms with E-state index >= 15 is 0 Å². The van der Waals surface area contributed by atoms with E-state index in [2.05, 4.69) is 56.0 Å². The lowest BCUT2D eigenvalue weighted by molar-refractivity contribution is -0.144. The molecule has 7 heteroatoms. The molecule has 0 aromatic heterocycles. The molecule has 44 heavy (non-hydrogen) atoms. The van der Waals surface area contributed by atoms with Gasteiger partial charge in [0.25, 0.3) is 0 Å². The number of fused-ring (bicyclic) bond motifs is 3. The SMILES string of the molecule is CC/C(=C\c1ccc(O)cc1Cl)CC[C@H]1OC[C@H]2C1=C(C(C)C)C[C@H]1C(=O)N(C3CCN(Cc4ccccc4)CC3)C(=O)[C@H]12. The normalized spacial score (nSPS) is 26.6. The standard InChI is InChI=1S/C37H45ClN2O4/c1-4-24(18-26-11-12-28(41)19-32(26)38)10-13-33-34-29(23(2)3)20-30-35(31(34)22-44-33)37(43)40(36(30)42)27-14-16-39(17-15-27)21-25-8-6-5-7-9-25/h5-9,11-12,18-19,23,27,30-31,33,35,41H,4,10,13-17,20-22H2,1-3H3/b24-18+/t30-,31+,33-,35-/m1/s1. The van der Waals surface area contributed by atoms with Crippen molar-refractivity contribution in [3.05, 3.63) is 81.4 Å². The van der Waals surface area contributed by atoms with Crippen LogP contribution in [0, 0.1) is 23.7 Å². The van der Waals surface area contributed by atoms with Crippen LogP contribution in [0.5, 0.6) is 5.75 Å². The molecule has 2 amide bonds. The fourth-order valence-corrected chi connectivity index (χ4v) is 8.27. The molecule has 1 N–H and O–H groups in total. The molecule has 3 aliphatic heterocycles. The Kier molecular flexibility index (Phi) is 9.32. The van der Waals surface area contributed by atoms with E-state index in [0.717, 1.165) is 57.3 Å². The average Bonchev–Trinajstić information content (AvgIpc) is 3.54. The topological polar surface area (TPSA) is 70.1 Å². The summed E-state index contributed by atoms with van der Waals surface area (Å²) in [5.41, 5.74) is 6.08. The predicted octanol–water partition coefficient (Wildman–Crippen LogP) is 7.26. The van der Waals surface area contributed by atoms with Crippen LogP contribution in [0.15, 0.2) is 65.3 Å². The largest absolute Gasteiger partial charge is 0.508 e. The van der Waals surface area contributed by atoms with Gasteiger partial charge in [0.1, 0.15) is 5.75 Å². The zero-order valence-corrected chi connectivity index (χ0v) is 26.9. The second-order valence-corrected chi connectivity index (χ2v) is 13.7. The summed E-state index contributed by atoms with van der Waals surface area (Å²) < 4.78 is 6.48. The number of carbonyl (C=O) groups excluding carboxylic acids is 2. The summed E-state index contributed by atoms with van der Waals surface area (Å²) in [7, 11) is 0. The molecule has 3 heterocycles. The molecular formula is C37H45ClN2O4. The lowest BCUT2D eigenvalue weighted by Gasteiger charge is -2.36. The number of amides is 2. The summed E-state index contributed by atoms with van der Waals surface area (Å²) in [6.07, 6.45) is 6.99. The molecule has 234 valence electrons. The van der Waals surface area contributed by atoms with Crippen molar-refractivity contribution < 1.29 is 19.4 Å². The van der Waals surface area contributed by atoms with Crippen molar-refractivity contribution >= 4 is 29.5 Å². The Morgan fingerprint density at radius 2 is 1.82 bits per heavy atom. The number of halogens is 1. The number of benzene rings is 2. The van der Waals surface area contributed by atoms with Crippen molar-refractivity contribution in [3.63, 3.8) is 0 Å². The van der Waals surface area contributed by atoms with E-state index in [-0.39, 0.29) is 47.5 Å². The summed E-state index contributed by atoms with van der Waals surface area (Å²) in [6.45, 7) is 9.76. The van der Waals surface area contributed by atoms with Crippen LogP contribution in [-0.2, 0) is 20.9 Å². The number of phenolic OH excluding ortho intramolecular Hbond substituents is 1. The number of rotatable bonds is 9. The van der Waals surface area contributed by atoms with Crippen molar-refractivity contribution in [1.82, 2.24) is 9.80 Å². The zero-order chi connectivity index (χ0) is 31.0. The molecule has 0 bridgehead atoms. The second kappa shape index (κ2) is 13.2. The number of hydrogen-bond donors (Lipinski definition) is 1. The summed E-state index contributed by atoms with van der Waals surface area (Å²) >= 11 is 6.39. The third-order valence-corrected chi connectivity index (χ3v) is 10.7. The number of piperidine rings is 1. The molecule has 0 saturated carbocycles. The minimum atomic E-state index is -0.302. The Balaban J connectivity index is 1.15. The minimum absolute atomic E-state index is 0.0133. The first-order chi connectivity index (χ1) is 21.2. The fraction of sp³-hybridized carbons (Fsp3) is 0.514. The molecule has 0 spiro atoms. The van der Waals surface area contributed by atoms with Gasteiger partial charge in [0.15, 0.2) is 0 Å². The summed E-state index contributed by atoms with van der Waals surface area (Å²) in [5.74, 6) is -0.0442. The summed E-state index contributed by atoms with van der Waals surface area (Å²) in [5, 5.41) is 10.3. The van der Waals surface area contributed by atoms with Gasteiger partial charge in [-0.05, 0) is 79.3 Å². The smallest absolute Gasteiger partial charge is 0.234 e. The lowest BCUT2D eigenvalue weighted by Crippen LogP contribution is -2.47. The number of likely N-dealkylation sites (tertiary alicyclic amines) is 2. The van der Waals surface area contributed by atoms with Crippen molar-refractivity contribution in [2.45, 2.75) is 78.0 Å². The Morgan fingerprint density at radius 3 is 2.50 bits per heavy atom. The van der Waals surface area contributed by atoms with Gasteiger partial charge in [-0.1, -0.05) is 79.9 Å². The third kappa shape index (κ3) is 6.14. The molecule has 4 atom stereocenters. The maximum absolute atomic E-state index is 14.1. The van der Waals surface area contributed by atoms with E-state index in [1.807, 2.05) is 12.1 Å². The van der Waals surface area contributed by atoms with Crippen LogP contribution < -0.4 is 0 Å².